The molecular formula is C22H21NO4S2. The molecule has 1 amide bonds. The number of methoxy groups -OCH3 is 3. The minimum atomic E-state index is -0.162. The van der Waals surface area contributed by atoms with Crippen LogP contribution in [0.2, 0.25) is 0 Å². The van der Waals surface area contributed by atoms with Crippen LogP contribution in [0.1, 0.15) is 11.1 Å². The van der Waals surface area contributed by atoms with Crippen LogP contribution in [0.25, 0.3) is 6.08 Å². The Bertz CT molecular complexity index is 983. The van der Waals surface area contributed by atoms with Crippen LogP contribution in [0.15, 0.2) is 54.0 Å². The van der Waals surface area contributed by atoms with Gasteiger partial charge in [-0.15, -0.1) is 6.58 Å². The highest BCUT2D eigenvalue weighted by atomic mass is 32.2. The highest BCUT2D eigenvalue weighted by molar-refractivity contribution is 8.27. The zero-order chi connectivity index (χ0) is 21.0. The summed E-state index contributed by atoms with van der Waals surface area (Å²) in [6.07, 6.45) is 4.23. The van der Waals surface area contributed by atoms with Crippen molar-refractivity contribution in [2.75, 3.05) is 26.2 Å². The Kier molecular flexibility index (Phi) is 6.61. The maximum Gasteiger partial charge on any atom is 0.270 e. The molecule has 5 nitrogen and oxygen atoms in total. The van der Waals surface area contributed by atoms with Crippen molar-refractivity contribution in [2.45, 2.75) is 6.42 Å². The van der Waals surface area contributed by atoms with Crippen LogP contribution < -0.4 is 19.1 Å². The van der Waals surface area contributed by atoms with E-state index in [0.717, 1.165) is 16.9 Å². The third-order valence-electron chi connectivity index (χ3n) is 4.36. The zero-order valence-electron chi connectivity index (χ0n) is 16.4. The fourth-order valence-electron chi connectivity index (χ4n) is 3.03. The van der Waals surface area contributed by atoms with Crippen molar-refractivity contribution in [2.24, 2.45) is 0 Å². The van der Waals surface area contributed by atoms with Crippen LogP contribution in [0.5, 0.6) is 17.2 Å². The number of benzene rings is 2. The van der Waals surface area contributed by atoms with Crippen molar-refractivity contribution in [3.63, 3.8) is 0 Å². The lowest BCUT2D eigenvalue weighted by atomic mass is 10.0. The first-order valence-electron chi connectivity index (χ1n) is 8.80. The topological polar surface area (TPSA) is 48.0 Å². The lowest BCUT2D eigenvalue weighted by Crippen LogP contribution is -2.27. The van der Waals surface area contributed by atoms with Crippen LogP contribution >= 0.6 is 24.0 Å². The number of hydrogen-bond donors (Lipinski definition) is 0. The molecule has 3 rings (SSSR count). The fourth-order valence-corrected chi connectivity index (χ4v) is 4.33. The standard InChI is InChI=1S/C22H21NO4S2/c1-5-6-15-11-14(12-18(26-3)20(15)27-4)13-19-21(24)23(22(28)29-19)16-7-9-17(25-2)10-8-16/h5,7-13H,1,6H2,2-4H3/b19-13+. The molecule has 0 aromatic heterocycles. The molecule has 7 heteroatoms. The van der Waals surface area contributed by atoms with Gasteiger partial charge in [0.25, 0.3) is 5.91 Å². The van der Waals surface area contributed by atoms with Gasteiger partial charge in [0.1, 0.15) is 5.75 Å². The number of thioether (sulfide) groups is 1. The van der Waals surface area contributed by atoms with E-state index in [2.05, 4.69) is 6.58 Å². The maximum absolute atomic E-state index is 13.0. The number of hydrogen-bond acceptors (Lipinski definition) is 6. The molecule has 150 valence electrons. The number of carbonyl (C=O) groups is 1. The highest BCUT2D eigenvalue weighted by Crippen LogP contribution is 2.38. The molecule has 0 unspecified atom stereocenters. The molecule has 0 aliphatic carbocycles. The van der Waals surface area contributed by atoms with E-state index in [4.69, 9.17) is 26.4 Å². The van der Waals surface area contributed by atoms with Gasteiger partial charge in [0.05, 0.1) is 31.9 Å². The first-order chi connectivity index (χ1) is 14.0. The van der Waals surface area contributed by atoms with Crippen molar-refractivity contribution in [1.82, 2.24) is 0 Å². The molecule has 1 aliphatic heterocycles. The lowest BCUT2D eigenvalue weighted by molar-refractivity contribution is -0.113. The average molecular weight is 428 g/mol. The van der Waals surface area contributed by atoms with Crippen LogP contribution in [-0.2, 0) is 11.2 Å². The van der Waals surface area contributed by atoms with Gasteiger partial charge in [-0.25, -0.2) is 0 Å². The second kappa shape index (κ2) is 9.15. The quantitative estimate of drug-likeness (QED) is 0.358. The summed E-state index contributed by atoms with van der Waals surface area (Å²) >= 11 is 6.72. The summed E-state index contributed by atoms with van der Waals surface area (Å²) in [4.78, 5) is 15.1. The summed E-state index contributed by atoms with van der Waals surface area (Å²) in [5.41, 5.74) is 2.46. The molecule has 1 heterocycles. The maximum atomic E-state index is 13.0. The van der Waals surface area contributed by atoms with Crippen LogP contribution in [0, 0.1) is 0 Å². The minimum Gasteiger partial charge on any atom is -0.497 e. The second-order valence-electron chi connectivity index (χ2n) is 6.12. The van der Waals surface area contributed by atoms with Crippen LogP contribution in [-0.4, -0.2) is 31.6 Å². The first kappa shape index (κ1) is 21.0. The summed E-state index contributed by atoms with van der Waals surface area (Å²) in [5.74, 6) is 1.82. The minimum absolute atomic E-state index is 0.162. The number of amides is 1. The number of anilines is 1. The fraction of sp³-hybridized carbons (Fsp3) is 0.182. The van der Waals surface area contributed by atoms with Gasteiger partial charge in [0.2, 0.25) is 0 Å². The van der Waals surface area contributed by atoms with E-state index in [0.29, 0.717) is 32.8 Å². The molecule has 0 spiro atoms. The number of nitrogens with zero attached hydrogens (tertiary/aromatic N) is 1. The Morgan fingerprint density at radius 1 is 1.10 bits per heavy atom. The molecule has 0 atom stereocenters. The van der Waals surface area contributed by atoms with E-state index in [1.54, 1.807) is 39.5 Å². The summed E-state index contributed by atoms with van der Waals surface area (Å²) < 4.78 is 16.6. The number of carbonyl (C=O) groups excluding carboxylic acids is 1. The van der Waals surface area contributed by atoms with E-state index in [1.165, 1.54) is 16.7 Å². The van der Waals surface area contributed by atoms with E-state index < -0.39 is 0 Å². The molecule has 1 fully saturated rings. The average Bonchev–Trinajstić information content (AvgIpc) is 3.01. The first-order valence-corrected chi connectivity index (χ1v) is 10.0. The predicted molar refractivity (Wildman–Crippen MR) is 122 cm³/mol. The van der Waals surface area contributed by atoms with Gasteiger partial charge in [0, 0.05) is 5.56 Å². The normalized spacial score (nSPS) is 15.0. The highest BCUT2D eigenvalue weighted by Gasteiger charge is 2.33. The third-order valence-corrected chi connectivity index (χ3v) is 5.67. The van der Waals surface area contributed by atoms with Gasteiger partial charge in [0.15, 0.2) is 15.8 Å². The van der Waals surface area contributed by atoms with Gasteiger partial charge in [-0.2, -0.15) is 0 Å². The molecule has 2 aromatic carbocycles. The summed E-state index contributed by atoms with van der Waals surface area (Å²) in [5, 5.41) is 0. The SMILES string of the molecule is C=CCc1cc(/C=C2/SC(=S)N(c3ccc(OC)cc3)C2=O)cc(OC)c1OC. The monoisotopic (exact) mass is 427 g/mol. The van der Waals surface area contributed by atoms with Crippen molar-refractivity contribution in [3.05, 3.63) is 65.1 Å². The van der Waals surface area contributed by atoms with Crippen LogP contribution in [0.3, 0.4) is 0 Å². The van der Waals surface area contributed by atoms with Gasteiger partial charge in [-0.3, -0.25) is 9.69 Å². The predicted octanol–water partition coefficient (Wildman–Crippen LogP) is 4.85. The number of thiocarbonyl (C=S) groups is 1. The summed E-state index contributed by atoms with van der Waals surface area (Å²) in [6, 6.07) is 11.0. The smallest absolute Gasteiger partial charge is 0.270 e. The largest absolute Gasteiger partial charge is 0.497 e. The molecule has 0 N–H and O–H groups in total. The Balaban J connectivity index is 1.96. The second-order valence-corrected chi connectivity index (χ2v) is 7.80. The van der Waals surface area contributed by atoms with Crippen molar-refractivity contribution < 1.29 is 19.0 Å². The van der Waals surface area contributed by atoms with E-state index in [-0.39, 0.29) is 5.91 Å². The Morgan fingerprint density at radius 3 is 2.41 bits per heavy atom. The molecule has 1 aliphatic rings. The number of rotatable bonds is 7. The van der Waals surface area contributed by atoms with Crippen molar-refractivity contribution in [3.8, 4) is 17.2 Å². The van der Waals surface area contributed by atoms with Gasteiger partial charge in [-0.1, -0.05) is 30.1 Å². The van der Waals surface area contributed by atoms with Gasteiger partial charge in [-0.05, 0) is 54.5 Å². The summed E-state index contributed by atoms with van der Waals surface area (Å²) in [6.45, 7) is 3.79. The van der Waals surface area contributed by atoms with Crippen LogP contribution in [0.4, 0.5) is 5.69 Å². The van der Waals surface area contributed by atoms with Crippen molar-refractivity contribution in [1.29, 1.82) is 0 Å². The molecule has 29 heavy (non-hydrogen) atoms. The molecule has 2 aromatic rings. The molecule has 0 radical (unpaired) electrons. The van der Waals surface area contributed by atoms with E-state index in [1.807, 2.05) is 30.3 Å². The molecular weight excluding hydrogens is 406 g/mol. The molecule has 0 bridgehead atoms. The number of allylic oxidation sites excluding steroid dienone is 1. The van der Waals surface area contributed by atoms with Gasteiger partial charge < -0.3 is 14.2 Å². The Labute approximate surface area is 179 Å². The molecule has 1 saturated heterocycles. The van der Waals surface area contributed by atoms with E-state index in [9.17, 15) is 4.79 Å². The van der Waals surface area contributed by atoms with E-state index >= 15 is 0 Å². The van der Waals surface area contributed by atoms with Crippen molar-refractivity contribution >= 4 is 46.0 Å². The third kappa shape index (κ3) is 4.31. The number of ether oxygens (including phenoxy) is 3. The Morgan fingerprint density at radius 2 is 1.83 bits per heavy atom. The van der Waals surface area contributed by atoms with Gasteiger partial charge >= 0.3 is 0 Å². The Hall–Kier alpha value is -2.77. The lowest BCUT2D eigenvalue weighted by Gasteiger charge is -2.15. The zero-order valence-corrected chi connectivity index (χ0v) is 18.1. The molecule has 0 saturated carbocycles. The summed E-state index contributed by atoms with van der Waals surface area (Å²) in [7, 11) is 4.79.